The highest BCUT2D eigenvalue weighted by Crippen LogP contribution is 2.33. The van der Waals surface area contributed by atoms with Crippen LogP contribution in [0.1, 0.15) is 28.0 Å². The maximum absolute atomic E-state index is 12.6. The molecule has 7 heteroatoms. The zero-order valence-corrected chi connectivity index (χ0v) is 13.5. The molecule has 0 saturated heterocycles. The van der Waals surface area contributed by atoms with Crippen molar-refractivity contribution >= 4 is 35.1 Å². The Labute approximate surface area is 137 Å². The third-order valence-electron chi connectivity index (χ3n) is 4.18. The number of amides is 2. The lowest BCUT2D eigenvalue weighted by Crippen LogP contribution is -2.20. The summed E-state index contributed by atoms with van der Waals surface area (Å²) in [6.45, 7) is 0. The molecule has 0 unspecified atom stereocenters. The molecule has 0 fully saturated rings. The quantitative estimate of drug-likeness (QED) is 0.886. The van der Waals surface area contributed by atoms with E-state index in [0.717, 1.165) is 41.2 Å². The highest BCUT2D eigenvalue weighted by molar-refractivity contribution is 8.00. The van der Waals surface area contributed by atoms with Crippen molar-refractivity contribution in [2.24, 2.45) is 7.05 Å². The van der Waals surface area contributed by atoms with Crippen molar-refractivity contribution in [3.05, 3.63) is 35.0 Å². The molecule has 2 aromatic rings. The topological polar surface area (TPSA) is 76.0 Å². The number of hydrogen-bond donors (Lipinski definition) is 2. The van der Waals surface area contributed by atoms with Crippen LogP contribution in [0.4, 0.5) is 11.5 Å². The van der Waals surface area contributed by atoms with Crippen molar-refractivity contribution in [2.45, 2.75) is 24.2 Å². The monoisotopic (exact) mass is 328 g/mol. The summed E-state index contributed by atoms with van der Waals surface area (Å²) in [6.07, 6.45) is 3.01. The van der Waals surface area contributed by atoms with Crippen molar-refractivity contribution in [1.82, 2.24) is 9.78 Å². The zero-order valence-electron chi connectivity index (χ0n) is 12.7. The van der Waals surface area contributed by atoms with Gasteiger partial charge in [0.2, 0.25) is 5.91 Å². The van der Waals surface area contributed by atoms with Crippen molar-refractivity contribution in [1.29, 1.82) is 0 Å². The first-order chi connectivity index (χ1) is 11.1. The first-order valence-corrected chi connectivity index (χ1v) is 8.53. The third-order valence-corrected chi connectivity index (χ3v) is 5.25. The Balaban J connectivity index is 1.61. The van der Waals surface area contributed by atoms with Crippen molar-refractivity contribution in [3.63, 3.8) is 0 Å². The van der Waals surface area contributed by atoms with Crippen LogP contribution in [0.25, 0.3) is 0 Å². The molecule has 1 aliphatic heterocycles. The highest BCUT2D eigenvalue weighted by atomic mass is 32.2. The molecule has 4 rings (SSSR count). The molecule has 0 bridgehead atoms. The number of carbonyl (C=O) groups is 2. The second-order valence-electron chi connectivity index (χ2n) is 5.75. The van der Waals surface area contributed by atoms with Crippen LogP contribution < -0.4 is 10.6 Å². The van der Waals surface area contributed by atoms with E-state index < -0.39 is 0 Å². The normalized spacial score (nSPS) is 15.8. The average Bonchev–Trinajstić information content (AvgIpc) is 3.09. The molecule has 23 heavy (non-hydrogen) atoms. The summed E-state index contributed by atoms with van der Waals surface area (Å²) >= 11 is 1.48. The zero-order chi connectivity index (χ0) is 16.0. The number of benzene rings is 1. The fourth-order valence-corrected chi connectivity index (χ4v) is 3.87. The van der Waals surface area contributed by atoms with E-state index in [1.807, 2.05) is 13.1 Å². The second kappa shape index (κ2) is 5.42. The minimum absolute atomic E-state index is 0.0375. The molecule has 6 nitrogen and oxygen atoms in total. The molecule has 0 spiro atoms. The number of hydrogen-bond acceptors (Lipinski definition) is 4. The third kappa shape index (κ3) is 2.50. The van der Waals surface area contributed by atoms with Gasteiger partial charge in [0.05, 0.1) is 17.1 Å². The summed E-state index contributed by atoms with van der Waals surface area (Å²) in [4.78, 5) is 25.0. The first-order valence-electron chi connectivity index (χ1n) is 7.54. The van der Waals surface area contributed by atoms with Crippen molar-refractivity contribution < 1.29 is 9.59 Å². The lowest BCUT2D eigenvalue weighted by Gasteiger charge is -2.17. The van der Waals surface area contributed by atoms with Crippen LogP contribution in [0, 0.1) is 0 Å². The molecule has 0 saturated carbocycles. The van der Waals surface area contributed by atoms with E-state index in [0.29, 0.717) is 17.0 Å². The first kappa shape index (κ1) is 14.3. The number of fused-ring (bicyclic) bond motifs is 2. The van der Waals surface area contributed by atoms with Crippen LogP contribution in [0.5, 0.6) is 0 Å². The number of nitrogens with zero attached hydrogens (tertiary/aromatic N) is 2. The molecule has 118 valence electrons. The number of carbonyl (C=O) groups excluding carboxylic acids is 2. The summed E-state index contributed by atoms with van der Waals surface area (Å²) in [5.74, 6) is 0.971. The van der Waals surface area contributed by atoms with Gasteiger partial charge in [-0.3, -0.25) is 14.3 Å². The van der Waals surface area contributed by atoms with Crippen LogP contribution in [0.3, 0.4) is 0 Å². The lowest BCUT2D eigenvalue weighted by atomic mass is 10.1. The Morgan fingerprint density at radius 2 is 2.26 bits per heavy atom. The van der Waals surface area contributed by atoms with Gasteiger partial charge in [-0.05, 0) is 37.5 Å². The van der Waals surface area contributed by atoms with Crippen molar-refractivity contribution in [2.75, 3.05) is 16.4 Å². The van der Waals surface area contributed by atoms with Gasteiger partial charge in [0.25, 0.3) is 5.91 Å². The smallest absolute Gasteiger partial charge is 0.256 e. The molecular formula is C16H16N4O2S. The van der Waals surface area contributed by atoms with Gasteiger partial charge >= 0.3 is 0 Å². The Morgan fingerprint density at radius 3 is 3.13 bits per heavy atom. The number of nitrogens with one attached hydrogen (secondary N) is 2. The van der Waals surface area contributed by atoms with Gasteiger partial charge in [0.15, 0.2) is 0 Å². The molecule has 1 aromatic carbocycles. The summed E-state index contributed by atoms with van der Waals surface area (Å²) in [5.41, 5.74) is 3.45. The average molecular weight is 328 g/mol. The predicted octanol–water partition coefficient (Wildman–Crippen LogP) is 2.21. The van der Waals surface area contributed by atoms with E-state index in [1.165, 1.54) is 11.8 Å². The van der Waals surface area contributed by atoms with Crippen LogP contribution in [-0.2, 0) is 24.7 Å². The molecule has 1 aliphatic carbocycles. The van der Waals surface area contributed by atoms with Crippen LogP contribution in [0.2, 0.25) is 0 Å². The minimum Gasteiger partial charge on any atom is -0.324 e. The molecule has 1 aromatic heterocycles. The van der Waals surface area contributed by atoms with Crippen LogP contribution in [0.15, 0.2) is 23.1 Å². The summed E-state index contributed by atoms with van der Waals surface area (Å²) in [6, 6.07) is 5.39. The van der Waals surface area contributed by atoms with Crippen LogP contribution >= 0.6 is 11.8 Å². The Bertz CT molecular complexity index is 828. The molecule has 0 atom stereocenters. The molecule has 2 aliphatic rings. The number of anilines is 2. The lowest BCUT2D eigenvalue weighted by molar-refractivity contribution is -0.113. The summed E-state index contributed by atoms with van der Waals surface area (Å²) < 4.78 is 1.73. The molecule has 2 N–H and O–H groups in total. The van der Waals surface area contributed by atoms with Gasteiger partial charge in [-0.1, -0.05) is 0 Å². The van der Waals surface area contributed by atoms with E-state index in [4.69, 9.17) is 0 Å². The Hall–Kier alpha value is -2.28. The Kier molecular flexibility index (Phi) is 3.37. The molecule has 2 heterocycles. The van der Waals surface area contributed by atoms with Gasteiger partial charge in [-0.2, -0.15) is 5.10 Å². The molecule has 2 amide bonds. The van der Waals surface area contributed by atoms with Gasteiger partial charge in [0.1, 0.15) is 5.82 Å². The summed E-state index contributed by atoms with van der Waals surface area (Å²) in [7, 11) is 1.84. The van der Waals surface area contributed by atoms with Gasteiger partial charge in [0, 0.05) is 23.1 Å². The number of thioether (sulfide) groups is 1. The van der Waals surface area contributed by atoms with E-state index in [1.54, 1.807) is 16.8 Å². The van der Waals surface area contributed by atoms with Crippen LogP contribution in [-0.4, -0.2) is 27.3 Å². The van der Waals surface area contributed by atoms with Crippen molar-refractivity contribution in [3.8, 4) is 0 Å². The largest absolute Gasteiger partial charge is 0.324 e. The minimum atomic E-state index is -0.185. The maximum Gasteiger partial charge on any atom is 0.256 e. The van der Waals surface area contributed by atoms with E-state index >= 15 is 0 Å². The Morgan fingerprint density at radius 1 is 1.39 bits per heavy atom. The standard InChI is InChI=1S/C16H16N4O2S/c1-20-15(10-3-2-4-11(10)19-20)18-16(22)9-5-6-13-12(7-9)17-14(21)8-23-13/h5-7H,2-4,8H2,1H3,(H,17,21)(H,18,22). The summed E-state index contributed by atoms with van der Waals surface area (Å²) in [5, 5.41) is 10.2. The number of rotatable bonds is 2. The van der Waals surface area contributed by atoms with E-state index in [9.17, 15) is 9.59 Å². The second-order valence-corrected chi connectivity index (χ2v) is 6.77. The number of aromatic nitrogens is 2. The van der Waals surface area contributed by atoms with Gasteiger partial charge in [-0.25, -0.2) is 0 Å². The number of aryl methyl sites for hydroxylation is 2. The van der Waals surface area contributed by atoms with Gasteiger partial charge < -0.3 is 10.6 Å². The maximum atomic E-state index is 12.6. The molecule has 0 radical (unpaired) electrons. The predicted molar refractivity (Wildman–Crippen MR) is 89.0 cm³/mol. The fourth-order valence-electron chi connectivity index (χ4n) is 3.08. The highest BCUT2D eigenvalue weighted by Gasteiger charge is 2.23. The fraction of sp³-hybridized carbons (Fsp3) is 0.312. The van der Waals surface area contributed by atoms with E-state index in [-0.39, 0.29) is 11.8 Å². The van der Waals surface area contributed by atoms with E-state index in [2.05, 4.69) is 15.7 Å². The van der Waals surface area contributed by atoms with Gasteiger partial charge in [-0.15, -0.1) is 11.8 Å². The SMILES string of the molecule is Cn1nc2c(c1NC(=O)c1ccc3c(c1)NC(=O)CS3)CCC2. The molecular weight excluding hydrogens is 312 g/mol.